The maximum atomic E-state index is 12.2. The molecule has 0 unspecified atom stereocenters. The zero-order valence-corrected chi connectivity index (χ0v) is 4.69. The first-order valence-corrected chi connectivity index (χ1v) is 2.35. The van der Waals surface area contributed by atoms with Crippen LogP contribution in [0.15, 0.2) is 4.99 Å². The van der Waals surface area contributed by atoms with E-state index in [1.165, 1.54) is 0 Å². The molecule has 1 aliphatic heterocycles. The third kappa shape index (κ3) is 0.996. The van der Waals surface area contributed by atoms with Gasteiger partial charge in [0.15, 0.2) is 5.84 Å². The van der Waals surface area contributed by atoms with Crippen molar-refractivity contribution < 1.29 is 13.6 Å². The van der Waals surface area contributed by atoms with Crippen LogP contribution in [0, 0.1) is 5.41 Å². The molecule has 0 saturated heterocycles. The summed E-state index contributed by atoms with van der Waals surface area (Å²) in [6.45, 7) is 0. The number of alkyl halides is 2. The second-order valence-corrected chi connectivity index (χ2v) is 1.69. The largest absolute Gasteiger partial charge is 0.346 e. The van der Waals surface area contributed by atoms with Crippen molar-refractivity contribution in [1.29, 1.82) is 5.41 Å². The number of urea groups is 1. The molecule has 0 saturated carbocycles. The Hall–Kier alpha value is -1.33. The Balaban J connectivity index is 2.93. The molecule has 1 rings (SSSR count). The standard InChI is InChI=1S/C4H3F2N3O/c5-4(6)1-8-3(10)9-2(4)7/h1H,(H2,7,9,10). The van der Waals surface area contributed by atoms with E-state index in [2.05, 4.69) is 4.99 Å². The van der Waals surface area contributed by atoms with Gasteiger partial charge >= 0.3 is 12.0 Å². The average molecular weight is 147 g/mol. The monoisotopic (exact) mass is 147 g/mol. The minimum absolute atomic E-state index is 0.147. The van der Waals surface area contributed by atoms with Gasteiger partial charge in [-0.05, 0) is 0 Å². The lowest BCUT2D eigenvalue weighted by Crippen LogP contribution is -2.46. The quantitative estimate of drug-likeness (QED) is 0.511. The van der Waals surface area contributed by atoms with Gasteiger partial charge in [0, 0.05) is 0 Å². The van der Waals surface area contributed by atoms with Crippen molar-refractivity contribution in [1.82, 2.24) is 5.32 Å². The predicted octanol–water partition coefficient (Wildman–Crippen LogP) is 0.393. The van der Waals surface area contributed by atoms with E-state index in [4.69, 9.17) is 5.41 Å². The van der Waals surface area contributed by atoms with Crippen LogP contribution in [0.3, 0.4) is 0 Å². The maximum Gasteiger partial charge on any atom is 0.346 e. The number of carbonyl (C=O) groups excluding carboxylic acids is 1. The lowest BCUT2D eigenvalue weighted by Gasteiger charge is -2.15. The second-order valence-electron chi connectivity index (χ2n) is 1.69. The van der Waals surface area contributed by atoms with Crippen molar-refractivity contribution in [3.8, 4) is 0 Å². The van der Waals surface area contributed by atoms with Crippen LogP contribution >= 0.6 is 0 Å². The molecule has 0 aromatic heterocycles. The van der Waals surface area contributed by atoms with Crippen molar-refractivity contribution in [3.63, 3.8) is 0 Å². The summed E-state index contributed by atoms with van der Waals surface area (Å²) in [5.41, 5.74) is 0. The van der Waals surface area contributed by atoms with Gasteiger partial charge < -0.3 is 0 Å². The Bertz CT molecular complexity index is 223. The molecule has 0 aliphatic carbocycles. The van der Waals surface area contributed by atoms with E-state index < -0.39 is 17.8 Å². The van der Waals surface area contributed by atoms with E-state index in [9.17, 15) is 13.6 Å². The van der Waals surface area contributed by atoms with Crippen LogP contribution < -0.4 is 5.32 Å². The van der Waals surface area contributed by atoms with Crippen LogP contribution in [0.5, 0.6) is 0 Å². The van der Waals surface area contributed by atoms with Gasteiger partial charge in [-0.15, -0.1) is 0 Å². The number of amides is 2. The minimum atomic E-state index is -3.42. The van der Waals surface area contributed by atoms with E-state index >= 15 is 0 Å². The number of aliphatic imine (C=N–C) groups is 1. The summed E-state index contributed by atoms with van der Waals surface area (Å²) in [5.74, 6) is -4.55. The molecule has 1 aliphatic rings. The fourth-order valence-corrected chi connectivity index (χ4v) is 0.427. The highest BCUT2D eigenvalue weighted by Crippen LogP contribution is 2.12. The van der Waals surface area contributed by atoms with Crippen molar-refractivity contribution in [2.24, 2.45) is 4.99 Å². The molecule has 2 N–H and O–H groups in total. The van der Waals surface area contributed by atoms with E-state index in [1.807, 2.05) is 0 Å². The number of amidine groups is 1. The van der Waals surface area contributed by atoms with E-state index in [1.54, 1.807) is 5.32 Å². The fourth-order valence-electron chi connectivity index (χ4n) is 0.427. The third-order valence-electron chi connectivity index (χ3n) is 0.909. The Kier molecular flexibility index (Phi) is 1.24. The highest BCUT2D eigenvalue weighted by molar-refractivity contribution is 6.14. The van der Waals surface area contributed by atoms with Crippen LogP contribution in [-0.2, 0) is 0 Å². The molecule has 0 radical (unpaired) electrons. The highest BCUT2D eigenvalue weighted by atomic mass is 19.3. The number of nitrogens with one attached hydrogen (secondary N) is 2. The van der Waals surface area contributed by atoms with Gasteiger partial charge in [-0.2, -0.15) is 13.8 Å². The molecule has 4 nitrogen and oxygen atoms in total. The first kappa shape index (κ1) is 6.79. The summed E-state index contributed by atoms with van der Waals surface area (Å²) in [7, 11) is 0. The fraction of sp³-hybridized carbons (Fsp3) is 0.250. The molecule has 0 aromatic rings. The van der Waals surface area contributed by atoms with Crippen molar-refractivity contribution in [2.45, 2.75) is 5.92 Å². The van der Waals surface area contributed by atoms with Gasteiger partial charge in [-0.25, -0.2) is 4.79 Å². The van der Waals surface area contributed by atoms with Crippen molar-refractivity contribution in [3.05, 3.63) is 0 Å². The van der Waals surface area contributed by atoms with Gasteiger partial charge in [0.25, 0.3) is 0 Å². The van der Waals surface area contributed by atoms with E-state index in [0.717, 1.165) is 0 Å². The van der Waals surface area contributed by atoms with Gasteiger partial charge in [-0.3, -0.25) is 10.7 Å². The van der Waals surface area contributed by atoms with Crippen LogP contribution in [-0.4, -0.2) is 24.0 Å². The first-order valence-electron chi connectivity index (χ1n) is 2.35. The molecule has 0 aromatic carbocycles. The number of nitrogens with zero attached hydrogens (tertiary/aromatic N) is 1. The smallest absolute Gasteiger partial charge is 0.289 e. The zero-order chi connectivity index (χ0) is 7.78. The molecule has 0 bridgehead atoms. The Morgan fingerprint density at radius 1 is 1.70 bits per heavy atom. The summed E-state index contributed by atoms with van der Waals surface area (Å²) < 4.78 is 24.4. The number of hydrogen-bond donors (Lipinski definition) is 2. The minimum Gasteiger partial charge on any atom is -0.289 e. The Morgan fingerprint density at radius 3 is 2.70 bits per heavy atom. The van der Waals surface area contributed by atoms with Crippen molar-refractivity contribution >= 4 is 18.1 Å². The third-order valence-corrected chi connectivity index (χ3v) is 0.909. The topological polar surface area (TPSA) is 65.3 Å². The molecule has 54 valence electrons. The molecule has 0 fully saturated rings. The van der Waals surface area contributed by atoms with Gasteiger partial charge in [0.05, 0.1) is 6.21 Å². The maximum absolute atomic E-state index is 12.2. The summed E-state index contributed by atoms with van der Waals surface area (Å²) in [6.07, 6.45) is 0.147. The molecule has 2 amide bonds. The SMILES string of the molecule is N=C1NC(=O)N=CC1(F)F. The highest BCUT2D eigenvalue weighted by Gasteiger charge is 2.37. The molecular weight excluding hydrogens is 144 g/mol. The molecule has 0 atom stereocenters. The second kappa shape index (κ2) is 1.83. The molecule has 1 heterocycles. The number of halogens is 2. The Labute approximate surface area is 54.5 Å². The normalized spacial score (nSPS) is 22.6. The lowest BCUT2D eigenvalue weighted by molar-refractivity contribution is 0.154. The van der Waals surface area contributed by atoms with Crippen LogP contribution in [0.4, 0.5) is 13.6 Å². The van der Waals surface area contributed by atoms with Crippen LogP contribution in [0.1, 0.15) is 0 Å². The summed E-state index contributed by atoms with van der Waals surface area (Å²) >= 11 is 0. The molecule has 10 heavy (non-hydrogen) atoms. The number of rotatable bonds is 0. The van der Waals surface area contributed by atoms with Gasteiger partial charge in [0.2, 0.25) is 0 Å². The first-order chi connectivity index (χ1) is 4.52. The number of hydrogen-bond acceptors (Lipinski definition) is 2. The number of carbonyl (C=O) groups is 1. The molecule has 6 heteroatoms. The van der Waals surface area contributed by atoms with Crippen LogP contribution in [0.2, 0.25) is 0 Å². The Morgan fingerprint density at radius 2 is 2.30 bits per heavy atom. The zero-order valence-electron chi connectivity index (χ0n) is 4.69. The van der Waals surface area contributed by atoms with Gasteiger partial charge in [0.1, 0.15) is 0 Å². The predicted molar refractivity (Wildman–Crippen MR) is 29.7 cm³/mol. The lowest BCUT2D eigenvalue weighted by atomic mass is 10.3. The van der Waals surface area contributed by atoms with E-state index in [-0.39, 0.29) is 6.21 Å². The average Bonchev–Trinajstić information content (AvgIpc) is 1.81. The summed E-state index contributed by atoms with van der Waals surface area (Å²) in [6, 6.07) is -0.934. The summed E-state index contributed by atoms with van der Waals surface area (Å²) in [4.78, 5) is 12.9. The van der Waals surface area contributed by atoms with Crippen LogP contribution in [0.25, 0.3) is 0 Å². The van der Waals surface area contributed by atoms with E-state index in [0.29, 0.717) is 0 Å². The molecule has 0 spiro atoms. The van der Waals surface area contributed by atoms with Gasteiger partial charge in [-0.1, -0.05) is 0 Å². The van der Waals surface area contributed by atoms with Crippen molar-refractivity contribution in [2.75, 3.05) is 0 Å². The molecular formula is C4H3F2N3O. The summed E-state index contributed by atoms with van der Waals surface area (Å²) in [5, 5.41) is 8.11.